The van der Waals surface area contributed by atoms with E-state index in [1.54, 1.807) is 0 Å². The Bertz CT molecular complexity index is 667. The van der Waals surface area contributed by atoms with Gasteiger partial charge in [0.15, 0.2) is 11.5 Å². The zero-order valence-corrected chi connectivity index (χ0v) is 13.2. The SMILES string of the molecule is CCc1ccc(CC(=O)NC[C@@H]2COc3ccccc3O2)cc1. The van der Waals surface area contributed by atoms with E-state index in [0.717, 1.165) is 23.5 Å². The van der Waals surface area contributed by atoms with Crippen LogP contribution in [0.1, 0.15) is 18.1 Å². The molecule has 2 aromatic carbocycles. The molecule has 0 radical (unpaired) electrons. The lowest BCUT2D eigenvalue weighted by Gasteiger charge is -2.26. The molecule has 1 atom stereocenters. The van der Waals surface area contributed by atoms with Gasteiger partial charge in [0, 0.05) is 0 Å². The number of amides is 1. The number of carbonyl (C=O) groups excluding carboxylic acids is 1. The summed E-state index contributed by atoms with van der Waals surface area (Å²) in [6.45, 7) is 3.01. The van der Waals surface area contributed by atoms with Gasteiger partial charge in [0.05, 0.1) is 13.0 Å². The van der Waals surface area contributed by atoms with Gasteiger partial charge in [0.2, 0.25) is 5.91 Å². The highest BCUT2D eigenvalue weighted by Crippen LogP contribution is 2.30. The van der Waals surface area contributed by atoms with E-state index in [0.29, 0.717) is 19.6 Å². The van der Waals surface area contributed by atoms with Crippen molar-refractivity contribution in [3.05, 3.63) is 59.7 Å². The van der Waals surface area contributed by atoms with E-state index >= 15 is 0 Å². The lowest BCUT2D eigenvalue weighted by atomic mass is 10.1. The van der Waals surface area contributed by atoms with E-state index in [9.17, 15) is 4.79 Å². The van der Waals surface area contributed by atoms with Crippen molar-refractivity contribution in [3.63, 3.8) is 0 Å². The molecule has 0 saturated carbocycles. The third kappa shape index (κ3) is 4.03. The molecule has 1 aliphatic heterocycles. The van der Waals surface area contributed by atoms with Gasteiger partial charge in [-0.1, -0.05) is 43.3 Å². The molecular formula is C19H21NO3. The van der Waals surface area contributed by atoms with Crippen molar-refractivity contribution >= 4 is 5.91 Å². The van der Waals surface area contributed by atoms with Gasteiger partial charge in [-0.25, -0.2) is 0 Å². The highest BCUT2D eigenvalue weighted by molar-refractivity contribution is 5.78. The van der Waals surface area contributed by atoms with Crippen LogP contribution in [-0.4, -0.2) is 25.2 Å². The summed E-state index contributed by atoms with van der Waals surface area (Å²) < 4.78 is 11.5. The quantitative estimate of drug-likeness (QED) is 0.923. The number of rotatable bonds is 5. The Morgan fingerprint density at radius 1 is 1.09 bits per heavy atom. The molecule has 1 N–H and O–H groups in total. The van der Waals surface area contributed by atoms with Gasteiger partial charge in [-0.3, -0.25) is 4.79 Å². The predicted octanol–water partition coefficient (Wildman–Crippen LogP) is 2.75. The second-order valence-corrected chi connectivity index (χ2v) is 5.65. The minimum absolute atomic E-state index is 0.00305. The molecule has 4 nitrogen and oxygen atoms in total. The highest BCUT2D eigenvalue weighted by atomic mass is 16.6. The van der Waals surface area contributed by atoms with Crippen LogP contribution in [0.3, 0.4) is 0 Å². The summed E-state index contributed by atoms with van der Waals surface area (Å²) in [7, 11) is 0. The number of nitrogens with one attached hydrogen (secondary N) is 1. The van der Waals surface area contributed by atoms with Crippen molar-refractivity contribution < 1.29 is 14.3 Å². The maximum Gasteiger partial charge on any atom is 0.224 e. The molecule has 120 valence electrons. The van der Waals surface area contributed by atoms with Crippen LogP contribution < -0.4 is 14.8 Å². The number of hydrogen-bond acceptors (Lipinski definition) is 3. The second kappa shape index (κ2) is 7.18. The molecular weight excluding hydrogens is 290 g/mol. The zero-order chi connectivity index (χ0) is 16.1. The van der Waals surface area contributed by atoms with Crippen LogP contribution >= 0.6 is 0 Å². The Morgan fingerprint density at radius 3 is 2.52 bits per heavy atom. The molecule has 2 aromatic rings. The van der Waals surface area contributed by atoms with Crippen molar-refractivity contribution in [3.8, 4) is 11.5 Å². The topological polar surface area (TPSA) is 47.6 Å². The molecule has 1 aliphatic rings. The average molecular weight is 311 g/mol. The number of hydrogen-bond donors (Lipinski definition) is 1. The third-order valence-corrected chi connectivity index (χ3v) is 3.89. The summed E-state index contributed by atoms with van der Waals surface area (Å²) in [6.07, 6.45) is 1.23. The molecule has 23 heavy (non-hydrogen) atoms. The van der Waals surface area contributed by atoms with Crippen molar-refractivity contribution in [1.82, 2.24) is 5.32 Å². The minimum Gasteiger partial charge on any atom is -0.486 e. The van der Waals surface area contributed by atoms with Crippen LogP contribution in [0.25, 0.3) is 0 Å². The van der Waals surface area contributed by atoms with Crippen molar-refractivity contribution in [2.45, 2.75) is 25.9 Å². The van der Waals surface area contributed by atoms with Crippen LogP contribution in [-0.2, 0) is 17.6 Å². The number of aryl methyl sites for hydroxylation is 1. The monoisotopic (exact) mass is 311 g/mol. The van der Waals surface area contributed by atoms with Gasteiger partial charge in [0.25, 0.3) is 0 Å². The van der Waals surface area contributed by atoms with Crippen LogP contribution in [0.2, 0.25) is 0 Å². The van der Waals surface area contributed by atoms with E-state index in [2.05, 4.69) is 24.4 Å². The first-order chi connectivity index (χ1) is 11.2. The first-order valence-electron chi connectivity index (χ1n) is 7.97. The maximum absolute atomic E-state index is 12.0. The molecule has 4 heteroatoms. The van der Waals surface area contributed by atoms with Crippen LogP contribution in [0, 0.1) is 0 Å². The highest BCUT2D eigenvalue weighted by Gasteiger charge is 2.20. The lowest BCUT2D eigenvalue weighted by Crippen LogP contribution is -2.41. The van der Waals surface area contributed by atoms with Crippen molar-refractivity contribution in [1.29, 1.82) is 0 Å². The number of para-hydroxylation sites is 2. The Labute approximate surface area is 136 Å². The van der Waals surface area contributed by atoms with E-state index in [-0.39, 0.29) is 12.0 Å². The van der Waals surface area contributed by atoms with E-state index in [1.807, 2.05) is 36.4 Å². The first kappa shape index (κ1) is 15.4. The van der Waals surface area contributed by atoms with Gasteiger partial charge in [0.1, 0.15) is 12.7 Å². The fraction of sp³-hybridized carbons (Fsp3) is 0.316. The van der Waals surface area contributed by atoms with Gasteiger partial charge in [-0.2, -0.15) is 0 Å². The zero-order valence-electron chi connectivity index (χ0n) is 13.2. The molecule has 1 heterocycles. The number of benzene rings is 2. The maximum atomic E-state index is 12.0. The van der Waals surface area contributed by atoms with E-state index in [4.69, 9.17) is 9.47 Å². The first-order valence-corrected chi connectivity index (χ1v) is 7.97. The molecule has 0 spiro atoms. The van der Waals surface area contributed by atoms with Gasteiger partial charge in [-0.15, -0.1) is 0 Å². The predicted molar refractivity (Wildman–Crippen MR) is 88.9 cm³/mol. The summed E-state index contributed by atoms with van der Waals surface area (Å²) >= 11 is 0. The number of carbonyl (C=O) groups is 1. The molecule has 0 fully saturated rings. The molecule has 1 amide bonds. The Hall–Kier alpha value is -2.49. The second-order valence-electron chi connectivity index (χ2n) is 5.65. The normalized spacial score (nSPS) is 16.0. The van der Waals surface area contributed by atoms with Gasteiger partial charge in [-0.05, 0) is 29.7 Å². The summed E-state index contributed by atoms with van der Waals surface area (Å²) in [5.74, 6) is 1.48. The molecule has 3 rings (SSSR count). The van der Waals surface area contributed by atoms with Crippen LogP contribution in [0.5, 0.6) is 11.5 Å². The fourth-order valence-corrected chi connectivity index (χ4v) is 2.53. The van der Waals surface area contributed by atoms with E-state index < -0.39 is 0 Å². The molecule has 0 saturated heterocycles. The van der Waals surface area contributed by atoms with Crippen molar-refractivity contribution in [2.24, 2.45) is 0 Å². The molecule has 0 aliphatic carbocycles. The van der Waals surface area contributed by atoms with Crippen LogP contribution in [0.4, 0.5) is 0 Å². The number of ether oxygens (including phenoxy) is 2. The lowest BCUT2D eigenvalue weighted by molar-refractivity contribution is -0.120. The Balaban J connectivity index is 1.47. The summed E-state index contributed by atoms with van der Waals surface area (Å²) in [4.78, 5) is 12.0. The molecule has 0 aromatic heterocycles. The van der Waals surface area contributed by atoms with Gasteiger partial charge < -0.3 is 14.8 Å². The van der Waals surface area contributed by atoms with Crippen LogP contribution in [0.15, 0.2) is 48.5 Å². The largest absolute Gasteiger partial charge is 0.486 e. The minimum atomic E-state index is -0.156. The third-order valence-electron chi connectivity index (χ3n) is 3.89. The smallest absolute Gasteiger partial charge is 0.224 e. The Kier molecular flexibility index (Phi) is 4.81. The van der Waals surface area contributed by atoms with Gasteiger partial charge >= 0.3 is 0 Å². The standard InChI is InChI=1S/C19H21NO3/c1-2-14-7-9-15(10-8-14)11-19(21)20-12-16-13-22-17-5-3-4-6-18(17)23-16/h3-10,16H,2,11-13H2,1H3,(H,20,21)/t16-/m1/s1. The number of fused-ring (bicyclic) bond motifs is 1. The average Bonchev–Trinajstić information content (AvgIpc) is 2.60. The summed E-state index contributed by atoms with van der Waals surface area (Å²) in [6, 6.07) is 15.7. The fourth-order valence-electron chi connectivity index (χ4n) is 2.53. The summed E-state index contributed by atoms with van der Waals surface area (Å²) in [5, 5.41) is 2.92. The Morgan fingerprint density at radius 2 is 1.78 bits per heavy atom. The molecule has 0 bridgehead atoms. The van der Waals surface area contributed by atoms with E-state index in [1.165, 1.54) is 5.56 Å². The summed E-state index contributed by atoms with van der Waals surface area (Å²) in [5.41, 5.74) is 2.30. The van der Waals surface area contributed by atoms with Crippen molar-refractivity contribution in [2.75, 3.05) is 13.2 Å². The molecule has 0 unspecified atom stereocenters.